The Labute approximate surface area is 171 Å². The van der Waals surface area contributed by atoms with E-state index >= 15 is 0 Å². The van der Waals surface area contributed by atoms with Crippen molar-refractivity contribution in [3.05, 3.63) is 30.4 Å². The highest BCUT2D eigenvalue weighted by Gasteiger charge is 2.51. The number of carbonyl (C=O) groups excluding carboxylic acids is 3. The zero-order valence-electron chi connectivity index (χ0n) is 17.3. The van der Waals surface area contributed by atoms with E-state index in [2.05, 4.69) is 5.32 Å². The average molecular weight is 400 g/mol. The minimum absolute atomic E-state index is 0.130. The lowest BCUT2D eigenvalue weighted by Gasteiger charge is -2.27. The molecule has 1 aromatic rings. The van der Waals surface area contributed by atoms with Gasteiger partial charge in [-0.15, -0.1) is 0 Å². The summed E-state index contributed by atoms with van der Waals surface area (Å²) in [6.45, 7) is 3.93. The van der Waals surface area contributed by atoms with Crippen LogP contribution in [0.2, 0.25) is 0 Å². The predicted octanol–water partition coefficient (Wildman–Crippen LogP) is 3.01. The van der Waals surface area contributed by atoms with Crippen molar-refractivity contribution in [2.75, 3.05) is 19.5 Å². The van der Waals surface area contributed by atoms with Gasteiger partial charge in [0.05, 0.1) is 31.7 Å². The predicted molar refractivity (Wildman–Crippen MR) is 109 cm³/mol. The molecule has 1 N–H and O–H groups in total. The molecule has 1 aliphatic carbocycles. The molecule has 1 saturated heterocycles. The van der Waals surface area contributed by atoms with E-state index in [1.807, 2.05) is 26.0 Å². The van der Waals surface area contributed by atoms with Crippen molar-refractivity contribution in [2.45, 2.75) is 39.2 Å². The topological polar surface area (TPSA) is 84.9 Å². The molecule has 3 atom stereocenters. The number of benzene rings is 1. The number of allylic oxidation sites excluding steroid dienone is 2. The van der Waals surface area contributed by atoms with Crippen LogP contribution in [0.5, 0.6) is 11.5 Å². The molecule has 7 nitrogen and oxygen atoms in total. The summed E-state index contributed by atoms with van der Waals surface area (Å²) in [5.74, 6) is -0.423. The number of hydrogen-bond acceptors (Lipinski definition) is 5. The number of ether oxygens (including phenoxy) is 2. The smallest absolute Gasteiger partial charge is 0.247 e. The van der Waals surface area contributed by atoms with Crippen LogP contribution >= 0.6 is 0 Å². The van der Waals surface area contributed by atoms with Crippen molar-refractivity contribution in [1.82, 2.24) is 4.90 Å². The second kappa shape index (κ2) is 8.68. The molecule has 1 heterocycles. The number of imide groups is 1. The molecule has 0 radical (unpaired) electrons. The SMILES string of the molecule is COc1ccc(NC(=O)[C@@H](CC(C)C)N2C(=O)[C@H]3CC=CC[C@H]3C2=O)c(OC)c1. The van der Waals surface area contributed by atoms with Gasteiger partial charge in [-0.05, 0) is 37.3 Å². The second-order valence-corrected chi connectivity index (χ2v) is 7.90. The first-order valence-corrected chi connectivity index (χ1v) is 9.92. The van der Waals surface area contributed by atoms with E-state index in [1.165, 1.54) is 12.0 Å². The molecule has 0 bridgehead atoms. The number of methoxy groups -OCH3 is 2. The Kier molecular flexibility index (Phi) is 6.25. The Morgan fingerprint density at radius 3 is 2.24 bits per heavy atom. The van der Waals surface area contributed by atoms with Crippen LogP contribution in [0.3, 0.4) is 0 Å². The van der Waals surface area contributed by atoms with Crippen molar-refractivity contribution in [3.8, 4) is 11.5 Å². The number of nitrogens with zero attached hydrogens (tertiary/aromatic N) is 1. The summed E-state index contributed by atoms with van der Waals surface area (Å²) < 4.78 is 10.5. The summed E-state index contributed by atoms with van der Waals surface area (Å²) in [5.41, 5.74) is 0.463. The summed E-state index contributed by atoms with van der Waals surface area (Å²) in [4.78, 5) is 40.4. The molecule has 7 heteroatoms. The Hall–Kier alpha value is -2.83. The molecule has 0 aromatic heterocycles. The molecule has 0 saturated carbocycles. The summed E-state index contributed by atoms with van der Waals surface area (Å²) in [5, 5.41) is 2.84. The quantitative estimate of drug-likeness (QED) is 0.562. The van der Waals surface area contributed by atoms with Gasteiger partial charge in [0.15, 0.2) is 0 Å². The van der Waals surface area contributed by atoms with Gasteiger partial charge in [-0.3, -0.25) is 19.3 Å². The number of fused-ring (bicyclic) bond motifs is 1. The molecule has 1 aromatic carbocycles. The number of anilines is 1. The normalized spacial score (nSPS) is 21.9. The van der Waals surface area contributed by atoms with E-state index in [4.69, 9.17) is 9.47 Å². The lowest BCUT2D eigenvalue weighted by Crippen LogP contribution is -2.48. The third-order valence-electron chi connectivity index (χ3n) is 5.52. The third kappa shape index (κ3) is 4.13. The number of nitrogens with one attached hydrogen (secondary N) is 1. The van der Waals surface area contributed by atoms with E-state index in [0.717, 1.165) is 0 Å². The highest BCUT2D eigenvalue weighted by molar-refractivity contribution is 6.10. The maximum Gasteiger partial charge on any atom is 0.247 e. The molecular weight excluding hydrogens is 372 g/mol. The van der Waals surface area contributed by atoms with Gasteiger partial charge in [-0.2, -0.15) is 0 Å². The van der Waals surface area contributed by atoms with Crippen LogP contribution in [0.1, 0.15) is 33.1 Å². The molecule has 1 fully saturated rings. The van der Waals surface area contributed by atoms with Crippen LogP contribution in [0.25, 0.3) is 0 Å². The van der Waals surface area contributed by atoms with Gasteiger partial charge in [0, 0.05) is 6.07 Å². The minimum Gasteiger partial charge on any atom is -0.497 e. The van der Waals surface area contributed by atoms with E-state index < -0.39 is 11.9 Å². The van der Waals surface area contributed by atoms with E-state index in [9.17, 15) is 14.4 Å². The minimum atomic E-state index is -0.854. The zero-order valence-corrected chi connectivity index (χ0v) is 17.3. The van der Waals surface area contributed by atoms with Gasteiger partial charge in [-0.1, -0.05) is 26.0 Å². The zero-order chi connectivity index (χ0) is 21.1. The molecule has 1 aliphatic heterocycles. The number of hydrogen-bond donors (Lipinski definition) is 1. The molecule has 3 rings (SSSR count). The molecule has 3 amide bonds. The number of rotatable bonds is 7. The van der Waals surface area contributed by atoms with Gasteiger partial charge in [0.25, 0.3) is 0 Å². The van der Waals surface area contributed by atoms with Crippen molar-refractivity contribution in [2.24, 2.45) is 17.8 Å². The molecular formula is C22H28N2O5. The number of carbonyl (C=O) groups is 3. The fourth-order valence-electron chi connectivity index (χ4n) is 4.03. The lowest BCUT2D eigenvalue weighted by atomic mass is 9.85. The Morgan fingerprint density at radius 2 is 1.72 bits per heavy atom. The first-order chi connectivity index (χ1) is 13.9. The number of likely N-dealkylation sites (tertiary alicyclic amines) is 1. The van der Waals surface area contributed by atoms with Gasteiger partial charge in [0.1, 0.15) is 17.5 Å². The van der Waals surface area contributed by atoms with Crippen molar-refractivity contribution in [1.29, 1.82) is 0 Å². The highest BCUT2D eigenvalue weighted by Crippen LogP contribution is 2.37. The molecule has 29 heavy (non-hydrogen) atoms. The van der Waals surface area contributed by atoms with Crippen LogP contribution < -0.4 is 14.8 Å². The first kappa shape index (κ1) is 20.9. The van der Waals surface area contributed by atoms with Crippen LogP contribution in [-0.4, -0.2) is 42.9 Å². The van der Waals surface area contributed by atoms with Gasteiger partial charge in [-0.25, -0.2) is 0 Å². The summed E-state index contributed by atoms with van der Waals surface area (Å²) in [7, 11) is 3.05. The van der Waals surface area contributed by atoms with Crippen LogP contribution in [0, 0.1) is 17.8 Å². The summed E-state index contributed by atoms with van der Waals surface area (Å²) >= 11 is 0. The van der Waals surface area contributed by atoms with Crippen molar-refractivity contribution >= 4 is 23.4 Å². The Morgan fingerprint density at radius 1 is 1.10 bits per heavy atom. The average Bonchev–Trinajstić information content (AvgIpc) is 2.97. The standard InChI is InChI=1S/C22H28N2O5/c1-13(2)11-18(24-21(26)15-7-5-6-8-16(15)22(24)27)20(25)23-17-10-9-14(28-3)12-19(17)29-4/h5-6,9-10,12-13,15-16,18H,7-8,11H2,1-4H3,(H,23,25)/t15-,16+,18-/m1/s1. The van der Waals surface area contributed by atoms with Crippen LogP contribution in [-0.2, 0) is 14.4 Å². The van der Waals surface area contributed by atoms with Crippen LogP contribution in [0.15, 0.2) is 30.4 Å². The van der Waals surface area contributed by atoms with E-state index in [1.54, 1.807) is 25.3 Å². The summed E-state index contributed by atoms with van der Waals surface area (Å²) in [6, 6.07) is 4.20. The lowest BCUT2D eigenvalue weighted by molar-refractivity contribution is -0.147. The second-order valence-electron chi connectivity index (χ2n) is 7.90. The van der Waals surface area contributed by atoms with Gasteiger partial charge in [0.2, 0.25) is 17.7 Å². The van der Waals surface area contributed by atoms with E-state index in [-0.39, 0.29) is 29.6 Å². The maximum atomic E-state index is 13.2. The maximum absolute atomic E-state index is 13.2. The largest absolute Gasteiger partial charge is 0.497 e. The van der Waals surface area contributed by atoms with Crippen molar-refractivity contribution < 1.29 is 23.9 Å². The molecule has 0 spiro atoms. The molecule has 156 valence electrons. The molecule has 0 unspecified atom stereocenters. The van der Waals surface area contributed by atoms with E-state index in [0.29, 0.717) is 36.4 Å². The molecule has 2 aliphatic rings. The van der Waals surface area contributed by atoms with Crippen LogP contribution in [0.4, 0.5) is 5.69 Å². The highest BCUT2D eigenvalue weighted by atomic mass is 16.5. The first-order valence-electron chi connectivity index (χ1n) is 9.92. The third-order valence-corrected chi connectivity index (χ3v) is 5.52. The van der Waals surface area contributed by atoms with Gasteiger partial charge < -0.3 is 14.8 Å². The fraction of sp³-hybridized carbons (Fsp3) is 0.500. The number of amides is 3. The Bertz CT molecular complexity index is 806. The van der Waals surface area contributed by atoms with Crippen molar-refractivity contribution in [3.63, 3.8) is 0 Å². The Balaban J connectivity index is 1.86. The summed E-state index contributed by atoms with van der Waals surface area (Å²) in [6.07, 6.45) is 5.38. The fourth-order valence-corrected chi connectivity index (χ4v) is 4.03. The van der Waals surface area contributed by atoms with Gasteiger partial charge >= 0.3 is 0 Å². The monoisotopic (exact) mass is 400 g/mol.